The van der Waals surface area contributed by atoms with E-state index >= 15 is 0 Å². The Bertz CT molecular complexity index is 615. The van der Waals surface area contributed by atoms with E-state index in [0.717, 1.165) is 12.1 Å². The maximum Gasteiger partial charge on any atom is 0.307 e. The monoisotopic (exact) mass is 423 g/mol. The average Bonchev–Trinajstić information content (AvgIpc) is 3.03. The molecule has 2 atom stereocenters. The fourth-order valence-corrected chi connectivity index (χ4v) is 4.59. The molecule has 0 spiro atoms. The van der Waals surface area contributed by atoms with Gasteiger partial charge < -0.3 is 14.4 Å². The number of aryl methyl sites for hydroxylation is 1. The summed E-state index contributed by atoms with van der Waals surface area (Å²) in [7, 11) is 0. The van der Waals surface area contributed by atoms with E-state index in [0.29, 0.717) is 31.1 Å². The Kier molecular flexibility index (Phi) is 11.1. The normalized spacial score (nSPS) is 14.6. The first-order valence-corrected chi connectivity index (χ1v) is 11.8. The lowest BCUT2D eigenvalue weighted by molar-refractivity contribution is -0.144. The molecule has 174 valence electrons. The summed E-state index contributed by atoms with van der Waals surface area (Å²) in [6.07, 6.45) is 9.70. The van der Waals surface area contributed by atoms with Gasteiger partial charge in [-0.3, -0.25) is 4.79 Å². The molecule has 1 aromatic heterocycles. The van der Waals surface area contributed by atoms with Crippen molar-refractivity contribution in [1.29, 1.82) is 0 Å². The van der Waals surface area contributed by atoms with Crippen LogP contribution in [0.25, 0.3) is 0 Å². The fraction of sp³-hybridized carbons (Fsp3) is 0.840. The summed E-state index contributed by atoms with van der Waals surface area (Å²) < 4.78 is 11.5. The van der Waals surface area contributed by atoms with E-state index in [-0.39, 0.29) is 11.0 Å². The summed E-state index contributed by atoms with van der Waals surface area (Å²) in [5, 5.41) is 13.4. The van der Waals surface area contributed by atoms with E-state index in [1.807, 2.05) is 6.92 Å². The molecule has 0 aliphatic carbocycles. The van der Waals surface area contributed by atoms with Crippen molar-refractivity contribution in [3.63, 3.8) is 0 Å². The third-order valence-electron chi connectivity index (χ3n) is 6.14. The number of rotatable bonds is 15. The second-order valence-corrected chi connectivity index (χ2v) is 10.4. The maximum atomic E-state index is 11.7. The van der Waals surface area contributed by atoms with Gasteiger partial charge in [0.25, 0.3) is 0 Å². The lowest BCUT2D eigenvalue weighted by Crippen LogP contribution is -2.42. The average molecular weight is 424 g/mol. The largest absolute Gasteiger partial charge is 0.481 e. The van der Waals surface area contributed by atoms with Crippen LogP contribution >= 0.6 is 0 Å². The summed E-state index contributed by atoms with van der Waals surface area (Å²) in [5.74, 6) is -0.309. The van der Waals surface area contributed by atoms with Crippen LogP contribution in [-0.2, 0) is 16.0 Å². The highest BCUT2D eigenvalue weighted by Crippen LogP contribution is 2.40. The Morgan fingerprint density at radius 3 is 2.27 bits per heavy atom. The third kappa shape index (κ3) is 9.63. The van der Waals surface area contributed by atoms with Crippen molar-refractivity contribution in [1.82, 2.24) is 5.16 Å². The Labute approximate surface area is 183 Å². The van der Waals surface area contributed by atoms with Crippen molar-refractivity contribution in [2.24, 2.45) is 17.3 Å². The minimum atomic E-state index is -0.815. The molecule has 2 unspecified atom stereocenters. The SMILES string of the molecule is CCCCCCCCC(C(C)(C)C)C(C)(C)OCCC(Cc1cc(C)no1)C(=O)O. The van der Waals surface area contributed by atoms with Crippen molar-refractivity contribution >= 4 is 5.97 Å². The second-order valence-electron chi connectivity index (χ2n) is 10.4. The molecule has 1 rings (SSSR count). The molecule has 0 radical (unpaired) electrons. The van der Waals surface area contributed by atoms with Crippen molar-refractivity contribution in [2.75, 3.05) is 6.61 Å². The fourth-order valence-electron chi connectivity index (χ4n) is 4.59. The minimum absolute atomic E-state index is 0.135. The van der Waals surface area contributed by atoms with E-state index in [2.05, 4.69) is 46.7 Å². The standard InChI is InChI=1S/C25H45NO4/c1-8-9-10-11-12-13-14-22(24(3,4)5)25(6,7)29-16-15-20(23(27)28)18-21-17-19(2)26-30-21/h17,20,22H,8-16,18H2,1-7H3,(H,27,28). The molecule has 0 saturated carbocycles. The van der Waals surface area contributed by atoms with Crippen LogP contribution in [0.15, 0.2) is 10.6 Å². The molecule has 0 aromatic carbocycles. The molecule has 0 fully saturated rings. The molecular formula is C25H45NO4. The van der Waals surface area contributed by atoms with E-state index in [9.17, 15) is 9.90 Å². The smallest absolute Gasteiger partial charge is 0.307 e. The van der Waals surface area contributed by atoms with Crippen LogP contribution in [0.1, 0.15) is 104 Å². The first-order valence-electron chi connectivity index (χ1n) is 11.8. The van der Waals surface area contributed by atoms with Gasteiger partial charge in [-0.2, -0.15) is 0 Å². The van der Waals surface area contributed by atoms with Crippen molar-refractivity contribution in [3.8, 4) is 0 Å². The van der Waals surface area contributed by atoms with Crippen LogP contribution in [-0.4, -0.2) is 28.4 Å². The molecule has 5 heteroatoms. The molecular weight excluding hydrogens is 378 g/mol. The number of hydrogen-bond acceptors (Lipinski definition) is 4. The van der Waals surface area contributed by atoms with Gasteiger partial charge in [-0.05, 0) is 44.9 Å². The van der Waals surface area contributed by atoms with E-state index in [4.69, 9.17) is 9.26 Å². The van der Waals surface area contributed by atoms with Gasteiger partial charge in [0.05, 0.1) is 17.2 Å². The highest BCUT2D eigenvalue weighted by atomic mass is 16.5. The van der Waals surface area contributed by atoms with Crippen LogP contribution in [0.2, 0.25) is 0 Å². The quantitative estimate of drug-likeness (QED) is 0.313. The number of aliphatic carboxylic acids is 1. The van der Waals surface area contributed by atoms with Gasteiger partial charge in [0.1, 0.15) is 5.76 Å². The molecule has 0 saturated heterocycles. The van der Waals surface area contributed by atoms with Crippen molar-refractivity contribution < 1.29 is 19.2 Å². The molecule has 0 bridgehead atoms. The number of carboxylic acids is 1. The van der Waals surface area contributed by atoms with Gasteiger partial charge in [-0.15, -0.1) is 0 Å². The molecule has 1 heterocycles. The summed E-state index contributed by atoms with van der Waals surface area (Å²) in [5.41, 5.74) is 0.610. The zero-order valence-electron chi connectivity index (χ0n) is 20.4. The van der Waals surface area contributed by atoms with Crippen molar-refractivity contribution in [3.05, 3.63) is 17.5 Å². The van der Waals surface area contributed by atoms with Gasteiger partial charge in [-0.25, -0.2) is 0 Å². The number of ether oxygens (including phenoxy) is 1. The summed E-state index contributed by atoms with van der Waals surface area (Å²) in [4.78, 5) is 11.7. The maximum absolute atomic E-state index is 11.7. The summed E-state index contributed by atoms with van der Waals surface area (Å²) >= 11 is 0. The predicted molar refractivity (Wildman–Crippen MR) is 122 cm³/mol. The third-order valence-corrected chi connectivity index (χ3v) is 6.14. The second kappa shape index (κ2) is 12.5. The van der Waals surface area contributed by atoms with E-state index in [1.165, 1.54) is 38.5 Å². The number of unbranched alkanes of at least 4 members (excludes halogenated alkanes) is 5. The van der Waals surface area contributed by atoms with Gasteiger partial charge in [-0.1, -0.05) is 71.4 Å². The lowest BCUT2D eigenvalue weighted by atomic mass is 9.69. The zero-order valence-corrected chi connectivity index (χ0v) is 20.4. The molecule has 0 aliphatic rings. The van der Waals surface area contributed by atoms with E-state index < -0.39 is 11.9 Å². The Hall–Kier alpha value is -1.36. The number of nitrogens with zero attached hydrogens (tertiary/aromatic N) is 1. The summed E-state index contributed by atoms with van der Waals surface area (Å²) in [6, 6.07) is 1.80. The topological polar surface area (TPSA) is 72.6 Å². The zero-order chi connectivity index (χ0) is 22.8. The number of aromatic nitrogens is 1. The lowest BCUT2D eigenvalue weighted by Gasteiger charge is -2.43. The Morgan fingerprint density at radius 1 is 1.10 bits per heavy atom. The molecule has 1 aromatic rings. The minimum Gasteiger partial charge on any atom is -0.481 e. The van der Waals surface area contributed by atoms with Crippen LogP contribution in [0.5, 0.6) is 0 Å². The highest BCUT2D eigenvalue weighted by molar-refractivity contribution is 5.70. The molecule has 30 heavy (non-hydrogen) atoms. The Balaban J connectivity index is 2.59. The van der Waals surface area contributed by atoms with E-state index in [1.54, 1.807) is 6.07 Å². The van der Waals surface area contributed by atoms with Gasteiger partial charge in [0, 0.05) is 19.1 Å². The van der Waals surface area contributed by atoms with Crippen LogP contribution in [0.4, 0.5) is 0 Å². The number of carbonyl (C=O) groups is 1. The van der Waals surface area contributed by atoms with Gasteiger partial charge >= 0.3 is 5.97 Å². The van der Waals surface area contributed by atoms with Crippen molar-refractivity contribution in [2.45, 2.75) is 112 Å². The molecule has 1 N–H and O–H groups in total. The van der Waals surface area contributed by atoms with Gasteiger partial charge in [0.15, 0.2) is 0 Å². The molecule has 0 aliphatic heterocycles. The highest BCUT2D eigenvalue weighted by Gasteiger charge is 2.38. The van der Waals surface area contributed by atoms with Gasteiger partial charge in [0.2, 0.25) is 0 Å². The van der Waals surface area contributed by atoms with Crippen LogP contribution in [0, 0.1) is 24.2 Å². The van der Waals surface area contributed by atoms with Crippen LogP contribution in [0.3, 0.4) is 0 Å². The predicted octanol–water partition coefficient (Wildman–Crippen LogP) is 6.82. The summed E-state index contributed by atoms with van der Waals surface area (Å²) in [6.45, 7) is 15.7. The molecule has 0 amide bonds. The Morgan fingerprint density at radius 2 is 1.73 bits per heavy atom. The van der Waals surface area contributed by atoms with Crippen LogP contribution < -0.4 is 0 Å². The first-order chi connectivity index (χ1) is 14.0. The molecule has 5 nitrogen and oxygen atoms in total. The first kappa shape index (κ1) is 26.7. The number of hydrogen-bond donors (Lipinski definition) is 1. The number of carboxylic acid groups (broad SMARTS) is 1.